The maximum atomic E-state index is 9.68. The zero-order chi connectivity index (χ0) is 13.0. The first-order valence-electron chi connectivity index (χ1n) is 6.06. The lowest BCUT2D eigenvalue weighted by Crippen LogP contribution is -2.16. The number of unbranched alkanes of at least 4 members (excludes halogenated alkanes) is 1. The van der Waals surface area contributed by atoms with E-state index in [2.05, 4.69) is 33.8 Å². The molecule has 5 heteroatoms. The van der Waals surface area contributed by atoms with Gasteiger partial charge in [0.1, 0.15) is 0 Å². The number of hydrogen-bond donors (Lipinski definition) is 1. The van der Waals surface area contributed by atoms with Gasteiger partial charge in [0.15, 0.2) is 16.4 Å². The molecule has 0 amide bonds. The van der Waals surface area contributed by atoms with E-state index < -0.39 is 0 Å². The quantitative estimate of drug-likeness (QED) is 0.922. The highest BCUT2D eigenvalue weighted by Gasteiger charge is 2.03. The topological polar surface area (TPSA) is 50.4 Å². The Morgan fingerprint density at radius 1 is 1.50 bits per heavy atom. The minimum Gasteiger partial charge on any atom is -0.504 e. The SMILES string of the molecule is CCCCn1c(C)csc1=Nc1ncccc1O. The van der Waals surface area contributed by atoms with E-state index in [1.807, 2.05) is 0 Å². The van der Waals surface area contributed by atoms with Crippen LogP contribution in [0.15, 0.2) is 28.7 Å². The molecule has 2 heterocycles. The highest BCUT2D eigenvalue weighted by atomic mass is 32.1. The summed E-state index contributed by atoms with van der Waals surface area (Å²) < 4.78 is 2.17. The molecule has 18 heavy (non-hydrogen) atoms. The van der Waals surface area contributed by atoms with Crippen molar-refractivity contribution in [1.29, 1.82) is 0 Å². The lowest BCUT2D eigenvalue weighted by molar-refractivity contribution is 0.474. The van der Waals surface area contributed by atoms with Gasteiger partial charge in [-0.25, -0.2) is 4.98 Å². The molecule has 0 bridgehead atoms. The number of rotatable bonds is 4. The molecule has 0 aliphatic rings. The number of pyridine rings is 1. The van der Waals surface area contributed by atoms with Crippen molar-refractivity contribution < 1.29 is 5.11 Å². The van der Waals surface area contributed by atoms with Gasteiger partial charge in [0.2, 0.25) is 0 Å². The summed E-state index contributed by atoms with van der Waals surface area (Å²) in [7, 11) is 0. The first-order valence-corrected chi connectivity index (χ1v) is 6.94. The molecule has 0 aromatic carbocycles. The molecule has 1 N–H and O–H groups in total. The normalized spacial score (nSPS) is 12.0. The van der Waals surface area contributed by atoms with Gasteiger partial charge in [-0.15, -0.1) is 11.3 Å². The van der Waals surface area contributed by atoms with Gasteiger partial charge in [0.25, 0.3) is 0 Å². The number of thiazole rings is 1. The van der Waals surface area contributed by atoms with Gasteiger partial charge in [-0.1, -0.05) is 13.3 Å². The fraction of sp³-hybridized carbons (Fsp3) is 0.385. The zero-order valence-electron chi connectivity index (χ0n) is 10.6. The number of aromatic nitrogens is 2. The highest BCUT2D eigenvalue weighted by Crippen LogP contribution is 2.21. The Morgan fingerprint density at radius 2 is 2.33 bits per heavy atom. The van der Waals surface area contributed by atoms with E-state index in [0.29, 0.717) is 5.82 Å². The van der Waals surface area contributed by atoms with E-state index in [1.54, 1.807) is 29.7 Å². The van der Waals surface area contributed by atoms with Crippen molar-refractivity contribution in [2.75, 3.05) is 0 Å². The van der Waals surface area contributed by atoms with Crippen LogP contribution in [0.1, 0.15) is 25.5 Å². The Bertz CT molecular complexity index is 586. The predicted octanol–water partition coefficient (Wildman–Crippen LogP) is 2.99. The molecule has 0 spiro atoms. The van der Waals surface area contributed by atoms with Gasteiger partial charge in [0, 0.05) is 23.8 Å². The van der Waals surface area contributed by atoms with Crippen LogP contribution in [-0.4, -0.2) is 14.7 Å². The van der Waals surface area contributed by atoms with Crippen LogP contribution in [0.5, 0.6) is 5.75 Å². The maximum absolute atomic E-state index is 9.68. The summed E-state index contributed by atoms with van der Waals surface area (Å²) in [4.78, 5) is 9.40. The first kappa shape index (κ1) is 12.8. The predicted molar refractivity (Wildman–Crippen MR) is 73.1 cm³/mol. The molecule has 2 aromatic heterocycles. The van der Waals surface area contributed by atoms with Gasteiger partial charge < -0.3 is 9.67 Å². The molecule has 0 saturated carbocycles. The van der Waals surface area contributed by atoms with Crippen LogP contribution in [0.3, 0.4) is 0 Å². The average Bonchev–Trinajstić information content (AvgIpc) is 2.71. The molecule has 0 unspecified atom stereocenters. The second-order valence-electron chi connectivity index (χ2n) is 4.12. The van der Waals surface area contributed by atoms with Crippen molar-refractivity contribution in [3.8, 4) is 5.75 Å². The van der Waals surface area contributed by atoms with Crippen molar-refractivity contribution in [2.45, 2.75) is 33.2 Å². The Hall–Kier alpha value is -1.62. The number of aryl methyl sites for hydroxylation is 1. The first-order chi connectivity index (χ1) is 8.72. The molecular weight excluding hydrogens is 246 g/mol. The second-order valence-corrected chi connectivity index (χ2v) is 4.96. The molecule has 0 aliphatic heterocycles. The summed E-state index contributed by atoms with van der Waals surface area (Å²) in [5.41, 5.74) is 1.20. The largest absolute Gasteiger partial charge is 0.504 e. The van der Waals surface area contributed by atoms with Gasteiger partial charge in [-0.05, 0) is 25.5 Å². The molecule has 0 radical (unpaired) electrons. The van der Waals surface area contributed by atoms with Crippen molar-refractivity contribution in [3.05, 3.63) is 34.2 Å². The maximum Gasteiger partial charge on any atom is 0.197 e. The second kappa shape index (κ2) is 5.82. The van der Waals surface area contributed by atoms with Crippen LogP contribution in [0, 0.1) is 6.92 Å². The Balaban J connectivity index is 2.42. The molecule has 0 fully saturated rings. The number of hydrogen-bond acceptors (Lipinski definition) is 4. The van der Waals surface area contributed by atoms with E-state index in [-0.39, 0.29) is 5.75 Å². The van der Waals surface area contributed by atoms with E-state index in [1.165, 1.54) is 5.69 Å². The Morgan fingerprint density at radius 3 is 3.06 bits per heavy atom. The molecule has 2 rings (SSSR count). The summed E-state index contributed by atoms with van der Waals surface area (Å²) >= 11 is 1.58. The van der Waals surface area contributed by atoms with E-state index in [9.17, 15) is 5.11 Å². The Labute approximate surface area is 110 Å². The number of nitrogens with zero attached hydrogens (tertiary/aromatic N) is 3. The van der Waals surface area contributed by atoms with Gasteiger partial charge >= 0.3 is 0 Å². The summed E-state index contributed by atoms with van der Waals surface area (Å²) in [6.45, 7) is 5.20. The summed E-state index contributed by atoms with van der Waals surface area (Å²) in [5, 5.41) is 11.8. The van der Waals surface area contributed by atoms with Gasteiger partial charge in [-0.2, -0.15) is 4.99 Å². The third kappa shape index (κ3) is 2.79. The summed E-state index contributed by atoms with van der Waals surface area (Å²) in [5.74, 6) is 0.496. The average molecular weight is 263 g/mol. The van der Waals surface area contributed by atoms with E-state index in [4.69, 9.17) is 0 Å². The summed E-state index contributed by atoms with van der Waals surface area (Å²) in [6, 6.07) is 3.29. The summed E-state index contributed by atoms with van der Waals surface area (Å²) in [6.07, 6.45) is 3.91. The van der Waals surface area contributed by atoms with Crippen LogP contribution < -0.4 is 4.80 Å². The molecule has 0 atom stereocenters. The van der Waals surface area contributed by atoms with Crippen molar-refractivity contribution in [2.24, 2.45) is 4.99 Å². The van der Waals surface area contributed by atoms with E-state index >= 15 is 0 Å². The van der Waals surface area contributed by atoms with Gasteiger partial charge in [-0.3, -0.25) is 0 Å². The highest BCUT2D eigenvalue weighted by molar-refractivity contribution is 7.07. The van der Waals surface area contributed by atoms with Crippen LogP contribution >= 0.6 is 11.3 Å². The lowest BCUT2D eigenvalue weighted by Gasteiger charge is -2.04. The van der Waals surface area contributed by atoms with Crippen molar-refractivity contribution in [3.63, 3.8) is 0 Å². The van der Waals surface area contributed by atoms with E-state index in [0.717, 1.165) is 24.2 Å². The van der Waals surface area contributed by atoms with Crippen molar-refractivity contribution in [1.82, 2.24) is 9.55 Å². The fourth-order valence-corrected chi connectivity index (χ4v) is 2.56. The molecule has 4 nitrogen and oxygen atoms in total. The molecule has 0 aliphatic carbocycles. The molecule has 0 saturated heterocycles. The van der Waals surface area contributed by atoms with Crippen molar-refractivity contribution >= 4 is 17.2 Å². The zero-order valence-corrected chi connectivity index (χ0v) is 11.4. The third-order valence-corrected chi connectivity index (χ3v) is 3.68. The standard InChI is InChI=1S/C13H17N3OS/c1-3-4-8-16-10(2)9-18-13(16)15-12-11(17)6-5-7-14-12/h5-7,9,17H,3-4,8H2,1-2H3. The van der Waals surface area contributed by atoms with Gasteiger partial charge in [0.05, 0.1) is 0 Å². The van der Waals surface area contributed by atoms with Crippen LogP contribution in [-0.2, 0) is 6.54 Å². The molecular formula is C13H17N3OS. The smallest absolute Gasteiger partial charge is 0.197 e. The minimum atomic E-state index is 0.116. The molecule has 96 valence electrons. The number of aromatic hydroxyl groups is 1. The third-order valence-electron chi connectivity index (χ3n) is 2.69. The Kier molecular flexibility index (Phi) is 4.15. The lowest BCUT2D eigenvalue weighted by atomic mass is 10.3. The fourth-order valence-electron chi connectivity index (χ4n) is 1.66. The van der Waals surface area contributed by atoms with Crippen LogP contribution in [0.25, 0.3) is 0 Å². The monoisotopic (exact) mass is 263 g/mol. The van der Waals surface area contributed by atoms with Crippen LogP contribution in [0.4, 0.5) is 5.82 Å². The van der Waals surface area contributed by atoms with Crippen LogP contribution in [0.2, 0.25) is 0 Å². The minimum absolute atomic E-state index is 0.116. The molecule has 2 aromatic rings.